The van der Waals surface area contributed by atoms with E-state index in [9.17, 15) is 4.79 Å². The molecule has 4 heteroatoms. The van der Waals surface area contributed by atoms with Crippen LogP contribution in [0.4, 0.5) is 10.8 Å². The van der Waals surface area contributed by atoms with Crippen LogP contribution in [-0.2, 0) is 10.2 Å². The third-order valence-electron chi connectivity index (χ3n) is 3.87. The first-order chi connectivity index (χ1) is 11.5. The maximum Gasteiger partial charge on any atom is 0.220 e. The summed E-state index contributed by atoms with van der Waals surface area (Å²) in [6, 6.07) is 18.1. The molecule has 0 atom stereocenters. The van der Waals surface area contributed by atoms with Crippen LogP contribution in [0.1, 0.15) is 26.3 Å². The number of nitrogens with zero attached hydrogens (tertiary/aromatic N) is 2. The summed E-state index contributed by atoms with van der Waals surface area (Å²) in [5.41, 5.74) is 3.26. The van der Waals surface area contributed by atoms with Gasteiger partial charge in [0.15, 0.2) is 5.13 Å². The van der Waals surface area contributed by atoms with E-state index >= 15 is 0 Å². The highest BCUT2D eigenvalue weighted by Crippen LogP contribution is 2.34. The van der Waals surface area contributed by atoms with Gasteiger partial charge < -0.3 is 0 Å². The first-order valence-corrected chi connectivity index (χ1v) is 8.67. The number of hydrogen-bond donors (Lipinski definition) is 0. The predicted octanol–water partition coefficient (Wildman–Crippen LogP) is 5.40. The quantitative estimate of drug-likeness (QED) is 0.597. The van der Waals surface area contributed by atoms with Gasteiger partial charge in [-0.1, -0.05) is 74.6 Å². The summed E-state index contributed by atoms with van der Waals surface area (Å²) in [4.78, 5) is 18.7. The summed E-state index contributed by atoms with van der Waals surface area (Å²) in [5, 5.41) is 0.673. The van der Waals surface area contributed by atoms with E-state index in [1.807, 2.05) is 48.7 Å². The van der Waals surface area contributed by atoms with Crippen LogP contribution in [0, 0.1) is 0 Å². The molecule has 0 bridgehead atoms. The summed E-state index contributed by atoms with van der Waals surface area (Å²) >= 11 is 1.51. The molecular weight excluding hydrogens is 316 g/mol. The van der Waals surface area contributed by atoms with Gasteiger partial charge >= 0.3 is 0 Å². The molecule has 122 valence electrons. The van der Waals surface area contributed by atoms with Crippen LogP contribution >= 0.6 is 11.3 Å². The highest BCUT2D eigenvalue weighted by atomic mass is 32.1. The molecule has 0 aliphatic rings. The molecular formula is C20H20N2OS. The van der Waals surface area contributed by atoms with E-state index in [1.54, 1.807) is 4.90 Å². The first kappa shape index (κ1) is 16.4. The van der Waals surface area contributed by atoms with Crippen molar-refractivity contribution in [3.63, 3.8) is 0 Å². The Morgan fingerprint density at radius 3 is 2.25 bits per heavy atom. The van der Waals surface area contributed by atoms with E-state index < -0.39 is 0 Å². The molecule has 2 aromatic carbocycles. The zero-order valence-electron chi connectivity index (χ0n) is 14.1. The third-order valence-corrected chi connectivity index (χ3v) is 4.92. The molecule has 0 unspecified atom stereocenters. The molecule has 0 aliphatic heterocycles. The lowest BCUT2D eigenvalue weighted by molar-refractivity contribution is -0.106. The average molecular weight is 336 g/mol. The zero-order valence-corrected chi connectivity index (χ0v) is 14.9. The van der Waals surface area contributed by atoms with Crippen molar-refractivity contribution in [1.29, 1.82) is 0 Å². The second-order valence-electron chi connectivity index (χ2n) is 6.65. The summed E-state index contributed by atoms with van der Waals surface area (Å²) in [5.74, 6) is 0. The Morgan fingerprint density at radius 2 is 1.67 bits per heavy atom. The number of carbonyl (C=O) groups is 1. The van der Waals surface area contributed by atoms with E-state index in [0.717, 1.165) is 22.5 Å². The van der Waals surface area contributed by atoms with Crippen LogP contribution in [0.3, 0.4) is 0 Å². The van der Waals surface area contributed by atoms with Crippen LogP contribution < -0.4 is 4.90 Å². The van der Waals surface area contributed by atoms with Gasteiger partial charge in [-0.15, -0.1) is 0 Å². The molecule has 24 heavy (non-hydrogen) atoms. The Balaban J connectivity index is 1.90. The van der Waals surface area contributed by atoms with Gasteiger partial charge in [-0.3, -0.25) is 9.69 Å². The number of rotatable bonds is 4. The van der Waals surface area contributed by atoms with Crippen LogP contribution in [0.5, 0.6) is 0 Å². The standard InChI is InChI=1S/C20H20N2OS/c1-20(2,3)16-9-11-17(12-10-16)22(14-23)19-21-13-18(24-19)15-7-5-4-6-8-15/h4-14H,1-3H3. The van der Waals surface area contributed by atoms with E-state index in [1.165, 1.54) is 16.9 Å². The van der Waals surface area contributed by atoms with Crippen molar-refractivity contribution in [3.8, 4) is 10.4 Å². The SMILES string of the molecule is CC(C)(C)c1ccc(N(C=O)c2ncc(-c3ccccc3)s2)cc1. The average Bonchev–Trinajstić information content (AvgIpc) is 3.06. The first-order valence-electron chi connectivity index (χ1n) is 7.85. The smallest absolute Gasteiger partial charge is 0.220 e. The number of aromatic nitrogens is 1. The van der Waals surface area contributed by atoms with Crippen molar-refractivity contribution in [3.05, 3.63) is 66.4 Å². The molecule has 0 saturated carbocycles. The van der Waals surface area contributed by atoms with Gasteiger partial charge in [0, 0.05) is 6.20 Å². The maximum atomic E-state index is 11.6. The highest BCUT2D eigenvalue weighted by Gasteiger charge is 2.16. The van der Waals surface area contributed by atoms with Crippen molar-refractivity contribution in [2.75, 3.05) is 4.90 Å². The second kappa shape index (κ2) is 6.57. The number of amides is 1. The minimum absolute atomic E-state index is 0.0895. The normalized spacial score (nSPS) is 11.3. The van der Waals surface area contributed by atoms with Gasteiger partial charge in [0.25, 0.3) is 0 Å². The number of thiazole rings is 1. The third kappa shape index (κ3) is 3.39. The maximum absolute atomic E-state index is 11.6. The molecule has 0 aliphatic carbocycles. The fourth-order valence-electron chi connectivity index (χ4n) is 2.45. The Hall–Kier alpha value is -2.46. The number of hydrogen-bond acceptors (Lipinski definition) is 3. The van der Waals surface area contributed by atoms with Crippen molar-refractivity contribution < 1.29 is 4.79 Å². The Bertz CT molecular complexity index is 817. The molecule has 3 aromatic rings. The van der Waals surface area contributed by atoms with Crippen LogP contribution in [0.2, 0.25) is 0 Å². The minimum Gasteiger partial charge on any atom is -0.278 e. The number of benzene rings is 2. The van der Waals surface area contributed by atoms with Gasteiger partial charge in [0.05, 0.1) is 10.6 Å². The molecule has 1 amide bonds. The van der Waals surface area contributed by atoms with Crippen molar-refractivity contribution in [2.24, 2.45) is 0 Å². The van der Waals surface area contributed by atoms with Crippen molar-refractivity contribution >= 4 is 28.6 Å². The minimum atomic E-state index is 0.0895. The van der Waals surface area contributed by atoms with E-state index in [-0.39, 0.29) is 5.41 Å². The predicted molar refractivity (Wildman–Crippen MR) is 101 cm³/mol. The van der Waals surface area contributed by atoms with Crippen LogP contribution in [-0.4, -0.2) is 11.4 Å². The Kier molecular flexibility index (Phi) is 4.49. The topological polar surface area (TPSA) is 33.2 Å². The van der Waals surface area contributed by atoms with Crippen molar-refractivity contribution in [1.82, 2.24) is 4.98 Å². The summed E-state index contributed by atoms with van der Waals surface area (Å²) < 4.78 is 0. The second-order valence-corrected chi connectivity index (χ2v) is 7.65. The lowest BCUT2D eigenvalue weighted by Gasteiger charge is -2.20. The van der Waals surface area contributed by atoms with Gasteiger partial charge in [-0.25, -0.2) is 4.98 Å². The number of anilines is 2. The lowest BCUT2D eigenvalue weighted by atomic mass is 9.87. The molecule has 0 spiro atoms. The molecule has 0 saturated heterocycles. The van der Waals surface area contributed by atoms with Crippen LogP contribution in [0.25, 0.3) is 10.4 Å². The van der Waals surface area contributed by atoms with Gasteiger partial charge in [0.1, 0.15) is 0 Å². The largest absolute Gasteiger partial charge is 0.278 e. The Labute approximate surface area is 146 Å². The molecule has 0 N–H and O–H groups in total. The molecule has 3 rings (SSSR count). The van der Waals surface area contributed by atoms with Crippen LogP contribution in [0.15, 0.2) is 60.8 Å². The Morgan fingerprint density at radius 1 is 1.00 bits per heavy atom. The lowest BCUT2D eigenvalue weighted by Crippen LogP contribution is -2.15. The zero-order chi connectivity index (χ0) is 17.2. The monoisotopic (exact) mass is 336 g/mol. The highest BCUT2D eigenvalue weighted by molar-refractivity contribution is 7.19. The fraction of sp³-hybridized carbons (Fsp3) is 0.200. The molecule has 0 fully saturated rings. The summed E-state index contributed by atoms with van der Waals surface area (Å²) in [6.45, 7) is 6.52. The number of carbonyl (C=O) groups excluding carboxylic acids is 1. The fourth-order valence-corrected chi connectivity index (χ4v) is 3.36. The summed E-state index contributed by atoms with van der Waals surface area (Å²) in [6.07, 6.45) is 2.63. The van der Waals surface area contributed by atoms with E-state index in [4.69, 9.17) is 0 Å². The van der Waals surface area contributed by atoms with Gasteiger partial charge in [-0.05, 0) is 28.7 Å². The molecule has 1 aromatic heterocycles. The van der Waals surface area contributed by atoms with E-state index in [0.29, 0.717) is 5.13 Å². The van der Waals surface area contributed by atoms with Gasteiger partial charge in [-0.2, -0.15) is 0 Å². The van der Waals surface area contributed by atoms with E-state index in [2.05, 4.69) is 37.9 Å². The van der Waals surface area contributed by atoms with Crippen molar-refractivity contribution in [2.45, 2.75) is 26.2 Å². The summed E-state index contributed by atoms with van der Waals surface area (Å²) in [7, 11) is 0. The molecule has 0 radical (unpaired) electrons. The van der Waals surface area contributed by atoms with Gasteiger partial charge in [0.2, 0.25) is 6.41 Å². The molecule has 3 nitrogen and oxygen atoms in total. The molecule has 1 heterocycles.